The predicted octanol–water partition coefficient (Wildman–Crippen LogP) is 5.29. The Labute approximate surface area is 164 Å². The molecule has 0 N–H and O–H groups in total. The molecule has 0 aromatic heterocycles. The van der Waals surface area contributed by atoms with Crippen molar-refractivity contribution in [3.63, 3.8) is 0 Å². The number of esters is 1. The number of allylic oxidation sites excluding steroid dienone is 1. The number of hydrogen-bond acceptors (Lipinski definition) is 4. The lowest BCUT2D eigenvalue weighted by molar-refractivity contribution is 0.0734. The van der Waals surface area contributed by atoms with E-state index in [9.17, 15) is 10.1 Å². The van der Waals surface area contributed by atoms with E-state index in [1.807, 2.05) is 43.3 Å². The lowest BCUT2D eigenvalue weighted by atomic mass is 10.0. The van der Waals surface area contributed by atoms with E-state index in [1.54, 1.807) is 49.6 Å². The molecule has 0 saturated carbocycles. The van der Waals surface area contributed by atoms with E-state index in [0.29, 0.717) is 22.6 Å². The maximum Gasteiger partial charge on any atom is 0.343 e. The normalized spacial score (nSPS) is 10.8. The lowest BCUT2D eigenvalue weighted by Gasteiger charge is -2.07. The van der Waals surface area contributed by atoms with Gasteiger partial charge in [0.2, 0.25) is 0 Å². The molecule has 0 unspecified atom stereocenters. The second-order valence-electron chi connectivity index (χ2n) is 6.20. The van der Waals surface area contributed by atoms with Gasteiger partial charge in [0.15, 0.2) is 0 Å². The molecule has 0 heterocycles. The average molecular weight is 369 g/mol. The van der Waals surface area contributed by atoms with Crippen LogP contribution in [0.4, 0.5) is 0 Å². The number of carbonyl (C=O) groups is 1. The summed E-state index contributed by atoms with van der Waals surface area (Å²) in [7, 11) is 1.57. The van der Waals surface area contributed by atoms with Gasteiger partial charge >= 0.3 is 5.97 Å². The highest BCUT2D eigenvalue weighted by Crippen LogP contribution is 2.27. The van der Waals surface area contributed by atoms with Crippen LogP contribution >= 0.6 is 0 Å². The van der Waals surface area contributed by atoms with Crippen LogP contribution in [0.1, 0.15) is 27.0 Å². The molecule has 4 heteroatoms. The number of methoxy groups -OCH3 is 1. The van der Waals surface area contributed by atoms with Gasteiger partial charge in [0.05, 0.1) is 24.3 Å². The first kappa shape index (κ1) is 18.9. The highest BCUT2D eigenvalue weighted by molar-refractivity contribution is 5.92. The summed E-state index contributed by atoms with van der Waals surface area (Å²) < 4.78 is 10.7. The van der Waals surface area contributed by atoms with Crippen molar-refractivity contribution < 1.29 is 14.3 Å². The van der Waals surface area contributed by atoms with Gasteiger partial charge in [-0.25, -0.2) is 4.79 Å². The molecule has 0 bridgehead atoms. The third-order valence-corrected chi connectivity index (χ3v) is 4.17. The number of hydrogen-bond donors (Lipinski definition) is 0. The molecule has 0 saturated heterocycles. The van der Waals surface area contributed by atoms with Gasteiger partial charge in [0.25, 0.3) is 0 Å². The number of benzene rings is 3. The van der Waals surface area contributed by atoms with Crippen molar-refractivity contribution in [3.8, 4) is 17.6 Å². The number of ether oxygens (including phenoxy) is 2. The highest BCUT2D eigenvalue weighted by atomic mass is 16.5. The van der Waals surface area contributed by atoms with Crippen LogP contribution in [0.5, 0.6) is 11.5 Å². The Morgan fingerprint density at radius 1 is 1.00 bits per heavy atom. The zero-order valence-corrected chi connectivity index (χ0v) is 15.7. The van der Waals surface area contributed by atoms with Crippen LogP contribution in [-0.2, 0) is 0 Å². The zero-order valence-electron chi connectivity index (χ0n) is 15.7. The fourth-order valence-electron chi connectivity index (χ4n) is 2.77. The molecule has 138 valence electrons. The number of rotatable bonds is 5. The van der Waals surface area contributed by atoms with Gasteiger partial charge in [0.1, 0.15) is 11.5 Å². The standard InChI is InChI=1S/C24H19NO3/c1-17-6-5-7-19(14-17)24(26)28-21-12-10-18(11-13-21)15-20(16-25)22-8-3-4-9-23(22)27-2/h3-15H,1-2H3/b20-15-. The second-order valence-corrected chi connectivity index (χ2v) is 6.20. The van der Waals surface area contributed by atoms with Crippen molar-refractivity contribution in [2.45, 2.75) is 6.92 Å². The van der Waals surface area contributed by atoms with E-state index in [1.165, 1.54) is 0 Å². The van der Waals surface area contributed by atoms with E-state index in [-0.39, 0.29) is 0 Å². The van der Waals surface area contributed by atoms with E-state index in [2.05, 4.69) is 6.07 Å². The van der Waals surface area contributed by atoms with Crippen LogP contribution in [0, 0.1) is 18.3 Å². The van der Waals surface area contributed by atoms with E-state index >= 15 is 0 Å². The Morgan fingerprint density at radius 2 is 1.75 bits per heavy atom. The molecule has 0 aliphatic carbocycles. The Bertz CT molecular complexity index is 1060. The maximum atomic E-state index is 12.2. The van der Waals surface area contributed by atoms with Gasteiger partial charge in [-0.15, -0.1) is 0 Å². The van der Waals surface area contributed by atoms with Crippen LogP contribution in [-0.4, -0.2) is 13.1 Å². The van der Waals surface area contributed by atoms with Crippen molar-refractivity contribution in [3.05, 3.63) is 95.1 Å². The molecule has 0 aliphatic rings. The van der Waals surface area contributed by atoms with Crippen LogP contribution < -0.4 is 9.47 Å². The van der Waals surface area contributed by atoms with Crippen molar-refractivity contribution in [2.75, 3.05) is 7.11 Å². The van der Waals surface area contributed by atoms with Gasteiger partial charge in [-0.05, 0) is 55.0 Å². The monoisotopic (exact) mass is 369 g/mol. The summed E-state index contributed by atoms with van der Waals surface area (Å²) in [5.74, 6) is 0.678. The third kappa shape index (κ3) is 4.46. The largest absolute Gasteiger partial charge is 0.496 e. The predicted molar refractivity (Wildman–Crippen MR) is 109 cm³/mol. The quantitative estimate of drug-likeness (QED) is 0.265. The van der Waals surface area contributed by atoms with Gasteiger partial charge < -0.3 is 9.47 Å². The first-order valence-corrected chi connectivity index (χ1v) is 8.75. The summed E-state index contributed by atoms with van der Waals surface area (Å²) in [6, 6.07) is 23.8. The minimum atomic E-state index is -0.404. The van der Waals surface area contributed by atoms with Gasteiger partial charge in [0, 0.05) is 5.56 Å². The van der Waals surface area contributed by atoms with Crippen molar-refractivity contribution in [1.29, 1.82) is 5.26 Å². The first-order valence-electron chi connectivity index (χ1n) is 8.75. The molecular weight excluding hydrogens is 350 g/mol. The van der Waals surface area contributed by atoms with Gasteiger partial charge in [-0.2, -0.15) is 5.26 Å². The van der Waals surface area contributed by atoms with Crippen molar-refractivity contribution >= 4 is 17.6 Å². The Kier molecular flexibility index (Phi) is 5.88. The minimum Gasteiger partial charge on any atom is -0.496 e. The topological polar surface area (TPSA) is 59.3 Å². The van der Waals surface area contributed by atoms with Crippen LogP contribution in [0.3, 0.4) is 0 Å². The molecule has 28 heavy (non-hydrogen) atoms. The summed E-state index contributed by atoms with van der Waals surface area (Å²) >= 11 is 0. The molecule has 0 radical (unpaired) electrons. The molecule has 3 rings (SSSR count). The summed E-state index contributed by atoms with van der Waals surface area (Å²) in [6.07, 6.45) is 1.77. The summed E-state index contributed by atoms with van der Waals surface area (Å²) in [6.45, 7) is 1.92. The Balaban J connectivity index is 1.79. The zero-order chi connectivity index (χ0) is 19.9. The Morgan fingerprint density at radius 3 is 2.43 bits per heavy atom. The van der Waals surface area contributed by atoms with Gasteiger partial charge in [-0.1, -0.05) is 42.0 Å². The van der Waals surface area contributed by atoms with E-state index in [4.69, 9.17) is 9.47 Å². The first-order chi connectivity index (χ1) is 13.6. The molecule has 4 nitrogen and oxygen atoms in total. The number of nitrogens with zero attached hydrogens (tertiary/aromatic N) is 1. The number of carbonyl (C=O) groups excluding carboxylic acids is 1. The molecule has 0 amide bonds. The molecule has 3 aromatic rings. The molecule has 0 spiro atoms. The van der Waals surface area contributed by atoms with Gasteiger partial charge in [-0.3, -0.25) is 0 Å². The fourth-order valence-corrected chi connectivity index (χ4v) is 2.77. The molecule has 0 fully saturated rings. The minimum absolute atomic E-state index is 0.404. The maximum absolute atomic E-state index is 12.2. The lowest BCUT2D eigenvalue weighted by Crippen LogP contribution is -2.08. The fraction of sp³-hybridized carbons (Fsp3) is 0.0833. The molecule has 0 aliphatic heterocycles. The third-order valence-electron chi connectivity index (χ3n) is 4.17. The highest BCUT2D eigenvalue weighted by Gasteiger charge is 2.10. The smallest absolute Gasteiger partial charge is 0.343 e. The van der Waals surface area contributed by atoms with Crippen molar-refractivity contribution in [2.24, 2.45) is 0 Å². The van der Waals surface area contributed by atoms with Crippen LogP contribution in [0.25, 0.3) is 11.6 Å². The second kappa shape index (κ2) is 8.70. The van der Waals surface area contributed by atoms with E-state index in [0.717, 1.165) is 16.7 Å². The van der Waals surface area contributed by atoms with Crippen LogP contribution in [0.2, 0.25) is 0 Å². The Hall–Kier alpha value is -3.84. The number of para-hydroxylation sites is 1. The summed E-state index contributed by atoms with van der Waals surface area (Å²) in [5, 5.41) is 9.54. The molecule has 0 atom stereocenters. The number of nitriles is 1. The molecular formula is C24H19NO3. The number of aryl methyl sites for hydroxylation is 1. The summed E-state index contributed by atoms with van der Waals surface area (Å²) in [4.78, 5) is 12.2. The molecule has 3 aromatic carbocycles. The summed E-state index contributed by atoms with van der Waals surface area (Å²) in [5.41, 5.74) is 3.53. The SMILES string of the molecule is COc1ccccc1/C(C#N)=C\c1ccc(OC(=O)c2cccc(C)c2)cc1. The van der Waals surface area contributed by atoms with Crippen LogP contribution in [0.15, 0.2) is 72.8 Å². The van der Waals surface area contributed by atoms with E-state index < -0.39 is 5.97 Å². The van der Waals surface area contributed by atoms with Crippen molar-refractivity contribution in [1.82, 2.24) is 0 Å². The average Bonchev–Trinajstić information content (AvgIpc) is 2.73.